The average molecular weight is 274 g/mol. The Morgan fingerprint density at radius 3 is 2.30 bits per heavy atom. The zero-order chi connectivity index (χ0) is 14.4. The van der Waals surface area contributed by atoms with E-state index in [1.54, 1.807) is 0 Å². The molecule has 0 radical (unpaired) electrons. The second-order valence-electron chi connectivity index (χ2n) is 5.67. The molecule has 0 saturated carbocycles. The highest BCUT2D eigenvalue weighted by Gasteiger charge is 2.13. The number of nitrogens with one attached hydrogen (secondary N) is 1. The standard InChI is InChI=1S/C17H26N2O/c1-3-16(4-2)18-17(20)15-9-7-14(8-10-15)13-19-11-5-6-12-19/h7-10,16H,3-6,11-13H2,1-2H3,(H,18,20). The van der Waals surface area contributed by atoms with E-state index in [2.05, 4.69) is 36.2 Å². The Labute approximate surface area is 122 Å². The summed E-state index contributed by atoms with van der Waals surface area (Å²) in [7, 11) is 0. The van der Waals surface area contributed by atoms with Crippen LogP contribution in [-0.4, -0.2) is 29.9 Å². The number of hydrogen-bond donors (Lipinski definition) is 1. The Balaban J connectivity index is 1.91. The number of benzene rings is 1. The third-order valence-electron chi connectivity index (χ3n) is 4.14. The van der Waals surface area contributed by atoms with Gasteiger partial charge in [0.1, 0.15) is 0 Å². The van der Waals surface area contributed by atoms with Crippen LogP contribution >= 0.6 is 0 Å². The lowest BCUT2D eigenvalue weighted by Crippen LogP contribution is -2.33. The molecule has 1 N–H and O–H groups in total. The third-order valence-corrected chi connectivity index (χ3v) is 4.14. The van der Waals surface area contributed by atoms with Gasteiger partial charge in [0.05, 0.1) is 0 Å². The van der Waals surface area contributed by atoms with Gasteiger partial charge < -0.3 is 5.32 Å². The second-order valence-corrected chi connectivity index (χ2v) is 5.67. The van der Waals surface area contributed by atoms with Gasteiger partial charge in [0, 0.05) is 18.2 Å². The van der Waals surface area contributed by atoms with Gasteiger partial charge in [-0.25, -0.2) is 0 Å². The molecule has 1 saturated heterocycles. The van der Waals surface area contributed by atoms with E-state index in [-0.39, 0.29) is 11.9 Å². The predicted octanol–water partition coefficient (Wildman–Crippen LogP) is 3.20. The van der Waals surface area contributed by atoms with Gasteiger partial charge in [-0.3, -0.25) is 9.69 Å². The van der Waals surface area contributed by atoms with Crippen LogP contribution in [-0.2, 0) is 6.54 Å². The number of nitrogens with zero attached hydrogens (tertiary/aromatic N) is 1. The van der Waals surface area contributed by atoms with Crippen LogP contribution in [0.25, 0.3) is 0 Å². The molecule has 1 fully saturated rings. The molecule has 1 heterocycles. The minimum absolute atomic E-state index is 0.0476. The lowest BCUT2D eigenvalue weighted by molar-refractivity contribution is 0.0935. The van der Waals surface area contributed by atoms with Crippen LogP contribution in [0.5, 0.6) is 0 Å². The van der Waals surface area contributed by atoms with E-state index in [9.17, 15) is 4.79 Å². The molecule has 3 nitrogen and oxygen atoms in total. The minimum Gasteiger partial charge on any atom is -0.349 e. The Morgan fingerprint density at radius 1 is 1.15 bits per heavy atom. The Bertz CT molecular complexity index is 417. The summed E-state index contributed by atoms with van der Waals surface area (Å²) in [4.78, 5) is 14.6. The molecule has 0 atom stereocenters. The second kappa shape index (κ2) is 7.44. The van der Waals surface area contributed by atoms with Crippen molar-refractivity contribution >= 4 is 5.91 Å². The minimum atomic E-state index is 0.0476. The molecule has 0 unspecified atom stereocenters. The number of carbonyl (C=O) groups is 1. The fraction of sp³-hybridized carbons (Fsp3) is 0.588. The summed E-state index contributed by atoms with van der Waals surface area (Å²) in [5.74, 6) is 0.0476. The summed E-state index contributed by atoms with van der Waals surface area (Å²) < 4.78 is 0. The molecule has 1 amide bonds. The van der Waals surface area contributed by atoms with E-state index in [1.807, 2.05) is 12.1 Å². The number of carbonyl (C=O) groups excluding carboxylic acids is 1. The first-order valence-electron chi connectivity index (χ1n) is 7.85. The maximum absolute atomic E-state index is 12.1. The van der Waals surface area contributed by atoms with Crippen LogP contribution < -0.4 is 5.32 Å². The molecule has 0 spiro atoms. The smallest absolute Gasteiger partial charge is 0.251 e. The highest BCUT2D eigenvalue weighted by atomic mass is 16.1. The van der Waals surface area contributed by atoms with Gasteiger partial charge in [-0.1, -0.05) is 26.0 Å². The van der Waals surface area contributed by atoms with Gasteiger partial charge in [-0.2, -0.15) is 0 Å². The van der Waals surface area contributed by atoms with Crippen LogP contribution in [0, 0.1) is 0 Å². The van der Waals surface area contributed by atoms with E-state index in [0.29, 0.717) is 0 Å². The van der Waals surface area contributed by atoms with E-state index in [4.69, 9.17) is 0 Å². The van der Waals surface area contributed by atoms with Crippen LogP contribution in [0.15, 0.2) is 24.3 Å². The van der Waals surface area contributed by atoms with Gasteiger partial charge in [-0.15, -0.1) is 0 Å². The molecule has 2 rings (SSSR count). The fourth-order valence-electron chi connectivity index (χ4n) is 2.72. The van der Waals surface area contributed by atoms with Crippen molar-refractivity contribution in [2.45, 2.75) is 52.1 Å². The van der Waals surface area contributed by atoms with Gasteiger partial charge >= 0.3 is 0 Å². The molecule has 1 aliphatic rings. The zero-order valence-corrected chi connectivity index (χ0v) is 12.7. The largest absolute Gasteiger partial charge is 0.349 e. The van der Waals surface area contributed by atoms with Gasteiger partial charge in [-0.05, 0) is 56.5 Å². The van der Waals surface area contributed by atoms with E-state index >= 15 is 0 Å². The highest BCUT2D eigenvalue weighted by Crippen LogP contribution is 2.13. The summed E-state index contributed by atoms with van der Waals surface area (Å²) >= 11 is 0. The Hall–Kier alpha value is -1.35. The van der Waals surface area contributed by atoms with Crippen LogP contribution in [0.3, 0.4) is 0 Å². The number of likely N-dealkylation sites (tertiary alicyclic amines) is 1. The van der Waals surface area contributed by atoms with Crippen molar-refractivity contribution < 1.29 is 4.79 Å². The monoisotopic (exact) mass is 274 g/mol. The molecule has 1 aromatic rings. The van der Waals surface area contributed by atoms with Crippen LogP contribution in [0.1, 0.15) is 55.5 Å². The average Bonchev–Trinajstić information content (AvgIpc) is 2.98. The molecule has 3 heteroatoms. The molecule has 0 aliphatic carbocycles. The molecular weight excluding hydrogens is 248 g/mol. The van der Waals surface area contributed by atoms with Crippen LogP contribution in [0.4, 0.5) is 0 Å². The van der Waals surface area contributed by atoms with Crippen molar-refractivity contribution in [1.82, 2.24) is 10.2 Å². The quantitative estimate of drug-likeness (QED) is 0.864. The first-order chi connectivity index (χ1) is 9.72. The van der Waals surface area contributed by atoms with Crippen molar-refractivity contribution in [2.75, 3.05) is 13.1 Å². The summed E-state index contributed by atoms with van der Waals surface area (Å²) in [5.41, 5.74) is 2.06. The molecule has 0 bridgehead atoms. The Morgan fingerprint density at radius 2 is 1.75 bits per heavy atom. The lowest BCUT2D eigenvalue weighted by atomic mass is 10.1. The molecule has 110 valence electrons. The Kier molecular flexibility index (Phi) is 5.60. The van der Waals surface area contributed by atoms with E-state index in [1.165, 1.54) is 31.5 Å². The van der Waals surface area contributed by atoms with Gasteiger partial charge in [0.2, 0.25) is 0 Å². The topological polar surface area (TPSA) is 32.3 Å². The number of rotatable bonds is 6. The molecule has 20 heavy (non-hydrogen) atoms. The van der Waals surface area contributed by atoms with E-state index in [0.717, 1.165) is 24.9 Å². The van der Waals surface area contributed by atoms with Crippen molar-refractivity contribution in [2.24, 2.45) is 0 Å². The summed E-state index contributed by atoms with van der Waals surface area (Å²) in [6, 6.07) is 8.35. The zero-order valence-electron chi connectivity index (χ0n) is 12.7. The first kappa shape index (κ1) is 15.0. The highest BCUT2D eigenvalue weighted by molar-refractivity contribution is 5.94. The van der Waals surface area contributed by atoms with Crippen molar-refractivity contribution in [3.63, 3.8) is 0 Å². The van der Waals surface area contributed by atoms with Crippen LogP contribution in [0.2, 0.25) is 0 Å². The van der Waals surface area contributed by atoms with Crippen molar-refractivity contribution in [3.8, 4) is 0 Å². The fourth-order valence-corrected chi connectivity index (χ4v) is 2.72. The lowest BCUT2D eigenvalue weighted by Gasteiger charge is -2.16. The third kappa shape index (κ3) is 4.07. The normalized spacial score (nSPS) is 15.8. The van der Waals surface area contributed by atoms with Gasteiger partial charge in [0.25, 0.3) is 5.91 Å². The van der Waals surface area contributed by atoms with Gasteiger partial charge in [0.15, 0.2) is 0 Å². The maximum Gasteiger partial charge on any atom is 0.251 e. The molecular formula is C17H26N2O. The van der Waals surface area contributed by atoms with Crippen molar-refractivity contribution in [1.29, 1.82) is 0 Å². The summed E-state index contributed by atoms with van der Waals surface area (Å²) in [6.45, 7) is 7.63. The first-order valence-corrected chi connectivity index (χ1v) is 7.85. The maximum atomic E-state index is 12.1. The molecule has 1 aliphatic heterocycles. The predicted molar refractivity (Wildman–Crippen MR) is 82.8 cm³/mol. The summed E-state index contributed by atoms with van der Waals surface area (Å²) in [5, 5.41) is 3.08. The number of amides is 1. The van der Waals surface area contributed by atoms with Crippen molar-refractivity contribution in [3.05, 3.63) is 35.4 Å². The molecule has 1 aromatic carbocycles. The summed E-state index contributed by atoms with van der Waals surface area (Å²) in [6.07, 6.45) is 4.59. The molecule has 0 aromatic heterocycles. The SMILES string of the molecule is CCC(CC)NC(=O)c1ccc(CN2CCCC2)cc1. The number of hydrogen-bond acceptors (Lipinski definition) is 2. The van der Waals surface area contributed by atoms with E-state index < -0.39 is 0 Å².